The van der Waals surface area contributed by atoms with E-state index in [2.05, 4.69) is 41.0 Å². The summed E-state index contributed by atoms with van der Waals surface area (Å²) in [5.41, 5.74) is 2.39. The number of benzene rings is 2. The molecule has 0 radical (unpaired) electrons. The molecule has 2 aromatic carbocycles. The summed E-state index contributed by atoms with van der Waals surface area (Å²) in [5.74, 6) is 0.881. The highest BCUT2D eigenvalue weighted by Crippen LogP contribution is 2.22. The van der Waals surface area contributed by atoms with Gasteiger partial charge in [0.25, 0.3) is 0 Å². The van der Waals surface area contributed by atoms with Crippen LogP contribution < -0.4 is 9.64 Å². The van der Waals surface area contributed by atoms with Crippen LogP contribution in [0.3, 0.4) is 0 Å². The lowest BCUT2D eigenvalue weighted by Crippen LogP contribution is -2.49. The Balaban J connectivity index is 1.41. The molecule has 0 amide bonds. The summed E-state index contributed by atoms with van der Waals surface area (Å²) < 4.78 is 11.2. The van der Waals surface area contributed by atoms with Crippen LogP contribution in [0.2, 0.25) is 0 Å². The number of hydrogen-bond acceptors (Lipinski definition) is 5. The standard InChI is InChI=1S/C23H32N2O3/c1-3-23(19-7-5-4-6-8-19)28-18-21(26)17-24-13-15-25(16-14-24)20-9-11-22(27-2)12-10-20/h4-12,21,23,26H,3,13-18H2,1-2H3. The zero-order valence-corrected chi connectivity index (χ0v) is 17.0. The number of nitrogens with zero attached hydrogens (tertiary/aromatic N) is 2. The molecule has 0 bridgehead atoms. The number of methoxy groups -OCH3 is 1. The Hall–Kier alpha value is -2.08. The lowest BCUT2D eigenvalue weighted by atomic mass is 10.1. The summed E-state index contributed by atoms with van der Waals surface area (Å²) >= 11 is 0. The van der Waals surface area contributed by atoms with Crippen molar-refractivity contribution in [3.63, 3.8) is 0 Å². The highest BCUT2D eigenvalue weighted by molar-refractivity contribution is 5.49. The summed E-state index contributed by atoms with van der Waals surface area (Å²) in [6.07, 6.45) is 0.477. The maximum absolute atomic E-state index is 10.4. The third kappa shape index (κ3) is 5.71. The number of aliphatic hydroxyl groups is 1. The van der Waals surface area contributed by atoms with Gasteiger partial charge in [-0.3, -0.25) is 4.90 Å². The molecule has 0 saturated carbocycles. The van der Waals surface area contributed by atoms with E-state index in [9.17, 15) is 5.11 Å². The Morgan fingerprint density at radius 3 is 2.25 bits per heavy atom. The van der Waals surface area contributed by atoms with E-state index in [1.54, 1.807) is 7.11 Å². The molecule has 2 aromatic rings. The first kappa shape index (κ1) is 20.6. The summed E-state index contributed by atoms with van der Waals surface area (Å²) in [7, 11) is 1.69. The second kappa shape index (κ2) is 10.5. The summed E-state index contributed by atoms with van der Waals surface area (Å²) in [6, 6.07) is 18.4. The van der Waals surface area contributed by atoms with Crippen LogP contribution in [0.25, 0.3) is 0 Å². The van der Waals surface area contributed by atoms with Crippen molar-refractivity contribution in [3.05, 3.63) is 60.2 Å². The van der Waals surface area contributed by atoms with Crippen molar-refractivity contribution < 1.29 is 14.6 Å². The monoisotopic (exact) mass is 384 g/mol. The Kier molecular flexibility index (Phi) is 7.71. The molecule has 0 aromatic heterocycles. The highest BCUT2D eigenvalue weighted by atomic mass is 16.5. The van der Waals surface area contributed by atoms with Crippen molar-refractivity contribution in [2.45, 2.75) is 25.6 Å². The predicted molar refractivity (Wildman–Crippen MR) is 113 cm³/mol. The molecule has 1 saturated heterocycles. The van der Waals surface area contributed by atoms with E-state index in [1.165, 1.54) is 11.3 Å². The van der Waals surface area contributed by atoms with E-state index in [0.29, 0.717) is 13.2 Å². The van der Waals surface area contributed by atoms with Crippen molar-refractivity contribution in [2.24, 2.45) is 0 Å². The molecule has 5 nitrogen and oxygen atoms in total. The first-order valence-electron chi connectivity index (χ1n) is 10.2. The van der Waals surface area contributed by atoms with E-state index in [1.807, 2.05) is 30.3 Å². The van der Waals surface area contributed by atoms with Gasteiger partial charge in [-0.15, -0.1) is 0 Å². The third-order valence-electron chi connectivity index (χ3n) is 5.31. The molecule has 0 spiro atoms. The first-order chi connectivity index (χ1) is 13.7. The van der Waals surface area contributed by atoms with E-state index < -0.39 is 6.10 Å². The summed E-state index contributed by atoms with van der Waals surface area (Å²) in [4.78, 5) is 4.69. The Bertz CT molecular complexity index is 685. The van der Waals surface area contributed by atoms with Gasteiger partial charge < -0.3 is 19.5 Å². The van der Waals surface area contributed by atoms with Crippen molar-refractivity contribution >= 4 is 5.69 Å². The van der Waals surface area contributed by atoms with E-state index in [-0.39, 0.29) is 6.10 Å². The molecule has 1 aliphatic rings. The maximum Gasteiger partial charge on any atom is 0.119 e. The number of anilines is 1. The molecule has 1 N–H and O–H groups in total. The minimum atomic E-state index is -0.467. The van der Waals surface area contributed by atoms with Crippen LogP contribution in [-0.2, 0) is 4.74 Å². The smallest absolute Gasteiger partial charge is 0.119 e. The van der Waals surface area contributed by atoms with Crippen LogP contribution in [0, 0.1) is 0 Å². The summed E-state index contributed by atoms with van der Waals surface area (Å²) in [5, 5.41) is 10.4. The zero-order chi connectivity index (χ0) is 19.8. The van der Waals surface area contributed by atoms with Crippen molar-refractivity contribution in [1.29, 1.82) is 0 Å². The molecule has 3 rings (SSSR count). The number of rotatable bonds is 9. The topological polar surface area (TPSA) is 45.2 Å². The maximum atomic E-state index is 10.4. The number of piperazine rings is 1. The van der Waals surface area contributed by atoms with E-state index >= 15 is 0 Å². The average molecular weight is 385 g/mol. The zero-order valence-electron chi connectivity index (χ0n) is 17.0. The Morgan fingerprint density at radius 1 is 0.964 bits per heavy atom. The van der Waals surface area contributed by atoms with Gasteiger partial charge in [-0.25, -0.2) is 0 Å². The Labute approximate surface area is 168 Å². The van der Waals surface area contributed by atoms with Crippen molar-refractivity contribution in [2.75, 3.05) is 51.3 Å². The predicted octanol–water partition coefficient (Wildman–Crippen LogP) is 3.35. The molecular formula is C23H32N2O3. The third-order valence-corrected chi connectivity index (χ3v) is 5.31. The number of ether oxygens (including phenoxy) is 2. The Morgan fingerprint density at radius 2 is 1.64 bits per heavy atom. The number of hydrogen-bond donors (Lipinski definition) is 1. The van der Waals surface area contributed by atoms with Gasteiger partial charge in [0.1, 0.15) is 5.75 Å². The van der Waals surface area contributed by atoms with Crippen LogP contribution >= 0.6 is 0 Å². The first-order valence-corrected chi connectivity index (χ1v) is 10.2. The molecule has 152 valence electrons. The van der Waals surface area contributed by atoms with Gasteiger partial charge in [0.15, 0.2) is 0 Å². The fourth-order valence-corrected chi connectivity index (χ4v) is 3.68. The highest BCUT2D eigenvalue weighted by Gasteiger charge is 2.20. The lowest BCUT2D eigenvalue weighted by molar-refractivity contribution is -0.0240. The minimum Gasteiger partial charge on any atom is -0.497 e. The second-order valence-corrected chi connectivity index (χ2v) is 7.28. The molecule has 2 atom stereocenters. The van der Waals surface area contributed by atoms with Crippen LogP contribution in [0.1, 0.15) is 25.0 Å². The van der Waals surface area contributed by atoms with Crippen LogP contribution in [0.5, 0.6) is 5.75 Å². The molecule has 5 heteroatoms. The largest absolute Gasteiger partial charge is 0.497 e. The molecular weight excluding hydrogens is 352 g/mol. The molecule has 1 fully saturated rings. The molecule has 1 heterocycles. The molecule has 0 aliphatic carbocycles. The SMILES string of the molecule is CCC(OCC(O)CN1CCN(c2ccc(OC)cc2)CC1)c1ccccc1. The van der Waals surface area contributed by atoms with Crippen molar-refractivity contribution in [3.8, 4) is 5.75 Å². The number of β-amino-alcohol motifs (C(OH)–C–C–N with tert-alkyl or cyclic N) is 1. The second-order valence-electron chi connectivity index (χ2n) is 7.28. The van der Waals surface area contributed by atoms with Crippen LogP contribution in [0.4, 0.5) is 5.69 Å². The quantitative estimate of drug-likeness (QED) is 0.718. The minimum absolute atomic E-state index is 0.0442. The van der Waals surface area contributed by atoms with Gasteiger partial charge in [-0.2, -0.15) is 0 Å². The summed E-state index contributed by atoms with van der Waals surface area (Å²) in [6.45, 7) is 6.94. The average Bonchev–Trinajstić information content (AvgIpc) is 2.75. The van der Waals surface area contributed by atoms with Crippen LogP contribution in [0.15, 0.2) is 54.6 Å². The van der Waals surface area contributed by atoms with Crippen LogP contribution in [-0.4, -0.2) is 62.6 Å². The van der Waals surface area contributed by atoms with Gasteiger partial charge in [0, 0.05) is 38.4 Å². The lowest BCUT2D eigenvalue weighted by Gasteiger charge is -2.37. The van der Waals surface area contributed by atoms with Gasteiger partial charge in [-0.05, 0) is 36.2 Å². The molecule has 1 aliphatic heterocycles. The fourth-order valence-electron chi connectivity index (χ4n) is 3.68. The molecule has 28 heavy (non-hydrogen) atoms. The fraction of sp³-hybridized carbons (Fsp3) is 0.478. The van der Waals surface area contributed by atoms with Gasteiger partial charge >= 0.3 is 0 Å². The van der Waals surface area contributed by atoms with E-state index in [4.69, 9.17) is 9.47 Å². The normalized spacial score (nSPS) is 17.3. The molecule has 2 unspecified atom stereocenters. The number of aliphatic hydroxyl groups excluding tert-OH is 1. The van der Waals surface area contributed by atoms with E-state index in [0.717, 1.165) is 38.3 Å². The van der Waals surface area contributed by atoms with Gasteiger partial charge in [-0.1, -0.05) is 37.3 Å². The van der Waals surface area contributed by atoms with Crippen molar-refractivity contribution in [1.82, 2.24) is 4.90 Å². The van der Waals surface area contributed by atoms with Gasteiger partial charge in [0.2, 0.25) is 0 Å². The van der Waals surface area contributed by atoms with Gasteiger partial charge in [0.05, 0.1) is 25.9 Å².